The van der Waals surface area contributed by atoms with E-state index in [9.17, 15) is 9.59 Å². The molecule has 8 nitrogen and oxygen atoms in total. The summed E-state index contributed by atoms with van der Waals surface area (Å²) in [5.41, 5.74) is 2.78. The third-order valence-corrected chi connectivity index (χ3v) is 6.30. The van der Waals surface area contributed by atoms with Gasteiger partial charge < -0.3 is 18.9 Å². The van der Waals surface area contributed by atoms with Crippen molar-refractivity contribution in [1.29, 1.82) is 0 Å². The average Bonchev–Trinajstić information content (AvgIpc) is 3.50. The molecule has 0 spiro atoms. The van der Waals surface area contributed by atoms with Gasteiger partial charge in [0.2, 0.25) is 11.7 Å². The number of anilines is 1. The molecular weight excluding hydrogens is 494 g/mol. The smallest absolute Gasteiger partial charge is 0.306 e. The van der Waals surface area contributed by atoms with Gasteiger partial charge in [0, 0.05) is 29.8 Å². The number of esters is 1. The number of carbonyl (C=O) groups is 2. The van der Waals surface area contributed by atoms with Gasteiger partial charge in [-0.3, -0.25) is 9.59 Å². The van der Waals surface area contributed by atoms with Crippen LogP contribution in [0.5, 0.6) is 5.75 Å². The molecule has 1 aliphatic rings. The summed E-state index contributed by atoms with van der Waals surface area (Å²) in [6, 6.07) is 11.1. The number of hydrogen-bond acceptors (Lipinski definition) is 7. The number of rotatable bonds is 8. The van der Waals surface area contributed by atoms with Gasteiger partial charge in [-0.05, 0) is 82.5 Å². The van der Waals surface area contributed by atoms with Gasteiger partial charge in [-0.2, -0.15) is 4.98 Å². The van der Waals surface area contributed by atoms with Crippen LogP contribution in [0, 0.1) is 0 Å². The van der Waals surface area contributed by atoms with E-state index in [2.05, 4.69) is 10.1 Å². The van der Waals surface area contributed by atoms with Crippen LogP contribution in [0.4, 0.5) is 5.69 Å². The van der Waals surface area contributed by atoms with Crippen molar-refractivity contribution in [2.45, 2.75) is 72.0 Å². The Morgan fingerprint density at radius 3 is 2.59 bits per heavy atom. The third kappa shape index (κ3) is 6.49. The van der Waals surface area contributed by atoms with Crippen LogP contribution in [-0.4, -0.2) is 40.3 Å². The van der Waals surface area contributed by atoms with Gasteiger partial charge in [0.05, 0.1) is 17.5 Å². The molecule has 196 valence electrons. The molecule has 9 heteroatoms. The molecule has 0 aliphatic carbocycles. The lowest BCUT2D eigenvalue weighted by Crippen LogP contribution is -2.30. The first-order valence-corrected chi connectivity index (χ1v) is 12.9. The molecule has 0 fully saturated rings. The summed E-state index contributed by atoms with van der Waals surface area (Å²) >= 11 is 6.40. The minimum atomic E-state index is -0.566. The lowest BCUT2D eigenvalue weighted by molar-refractivity contribution is -0.155. The summed E-state index contributed by atoms with van der Waals surface area (Å²) in [6.07, 6.45) is 1.81. The van der Waals surface area contributed by atoms with Gasteiger partial charge in [-0.1, -0.05) is 23.7 Å². The van der Waals surface area contributed by atoms with E-state index in [0.29, 0.717) is 41.0 Å². The minimum absolute atomic E-state index is 0.0560. The fourth-order valence-corrected chi connectivity index (χ4v) is 4.25. The minimum Gasteiger partial charge on any atom is -0.489 e. The summed E-state index contributed by atoms with van der Waals surface area (Å²) < 4.78 is 16.6. The molecule has 0 N–H and O–H groups in total. The summed E-state index contributed by atoms with van der Waals surface area (Å²) in [7, 11) is 0. The summed E-state index contributed by atoms with van der Waals surface area (Å²) in [6.45, 7) is 10.0. The van der Waals surface area contributed by atoms with Crippen molar-refractivity contribution in [3.8, 4) is 28.6 Å². The molecule has 1 aliphatic heterocycles. The fraction of sp³-hybridized carbons (Fsp3) is 0.429. The highest BCUT2D eigenvalue weighted by atomic mass is 35.5. The van der Waals surface area contributed by atoms with E-state index in [0.717, 1.165) is 23.2 Å². The molecule has 37 heavy (non-hydrogen) atoms. The number of halogens is 1. The Labute approximate surface area is 221 Å². The van der Waals surface area contributed by atoms with Crippen molar-refractivity contribution in [3.05, 3.63) is 47.0 Å². The van der Waals surface area contributed by atoms with Gasteiger partial charge in [0.25, 0.3) is 5.89 Å². The standard InChI is InChI=1S/C28H32ClN3O5/c1-6-17(2)35-23-10-8-20(16-21(23)29)27-30-26(31-37-27)19-7-9-22-18(15-19)13-14-32(22)24(33)11-12-25(34)36-28(3,4)5/h7-10,15-17H,6,11-14H2,1-5H3/t17-/m0/s1. The van der Waals surface area contributed by atoms with E-state index < -0.39 is 5.60 Å². The van der Waals surface area contributed by atoms with E-state index >= 15 is 0 Å². The number of nitrogens with zero attached hydrogens (tertiary/aromatic N) is 3. The normalized spacial score (nSPS) is 13.8. The molecule has 1 aromatic heterocycles. The van der Waals surface area contributed by atoms with Crippen molar-refractivity contribution < 1.29 is 23.6 Å². The predicted octanol–water partition coefficient (Wildman–Crippen LogP) is 6.25. The first kappa shape index (κ1) is 26.7. The van der Waals surface area contributed by atoms with Crippen molar-refractivity contribution in [2.75, 3.05) is 11.4 Å². The second-order valence-electron chi connectivity index (χ2n) is 10.1. The molecule has 3 aromatic rings. The number of carbonyl (C=O) groups excluding carboxylic acids is 2. The Kier molecular flexibility index (Phi) is 7.87. The zero-order valence-corrected chi connectivity index (χ0v) is 22.6. The molecule has 0 saturated carbocycles. The predicted molar refractivity (Wildman–Crippen MR) is 142 cm³/mol. The number of hydrogen-bond donors (Lipinski definition) is 0. The Hall–Kier alpha value is -3.39. The Bertz CT molecular complexity index is 1300. The van der Waals surface area contributed by atoms with Crippen molar-refractivity contribution >= 4 is 29.2 Å². The largest absolute Gasteiger partial charge is 0.489 e. The van der Waals surface area contributed by atoms with Gasteiger partial charge in [0.15, 0.2) is 0 Å². The van der Waals surface area contributed by atoms with Crippen LogP contribution in [0.15, 0.2) is 40.9 Å². The molecule has 1 amide bonds. The molecule has 0 radical (unpaired) electrons. The van der Waals surface area contributed by atoms with Crippen LogP contribution in [0.25, 0.3) is 22.8 Å². The monoisotopic (exact) mass is 525 g/mol. The zero-order chi connectivity index (χ0) is 26.7. The number of aromatic nitrogens is 2. The molecule has 4 rings (SSSR count). The molecule has 0 unspecified atom stereocenters. The number of fused-ring (bicyclic) bond motifs is 1. The lowest BCUT2D eigenvalue weighted by Gasteiger charge is -2.20. The second-order valence-corrected chi connectivity index (χ2v) is 10.5. The van der Waals surface area contributed by atoms with Crippen LogP contribution in [0.2, 0.25) is 5.02 Å². The highest BCUT2D eigenvalue weighted by Gasteiger charge is 2.27. The van der Waals surface area contributed by atoms with Crippen LogP contribution < -0.4 is 9.64 Å². The van der Waals surface area contributed by atoms with Gasteiger partial charge >= 0.3 is 5.97 Å². The highest BCUT2D eigenvalue weighted by Crippen LogP contribution is 2.34. The van der Waals surface area contributed by atoms with Gasteiger partial charge in [-0.15, -0.1) is 0 Å². The fourth-order valence-electron chi connectivity index (χ4n) is 4.02. The summed E-state index contributed by atoms with van der Waals surface area (Å²) in [5.74, 6) is 0.942. The molecule has 0 bridgehead atoms. The van der Waals surface area contributed by atoms with Crippen LogP contribution in [0.1, 0.15) is 59.4 Å². The van der Waals surface area contributed by atoms with Crippen molar-refractivity contribution in [3.63, 3.8) is 0 Å². The van der Waals surface area contributed by atoms with Crippen molar-refractivity contribution in [2.24, 2.45) is 0 Å². The maximum Gasteiger partial charge on any atom is 0.306 e. The summed E-state index contributed by atoms with van der Waals surface area (Å²) in [4.78, 5) is 31.0. The number of benzene rings is 2. The number of amides is 1. The SMILES string of the molecule is CC[C@H](C)Oc1ccc(-c2nc(-c3ccc4c(c3)CCN4C(=O)CCC(=O)OC(C)(C)C)no2)cc1Cl. The molecule has 2 aromatic carbocycles. The molecule has 1 atom stereocenters. The zero-order valence-electron chi connectivity index (χ0n) is 21.8. The van der Waals surface area contributed by atoms with Crippen LogP contribution >= 0.6 is 11.6 Å². The quantitative estimate of drug-likeness (QED) is 0.321. The second kappa shape index (κ2) is 10.9. The average molecular weight is 526 g/mol. The highest BCUT2D eigenvalue weighted by molar-refractivity contribution is 6.32. The van der Waals surface area contributed by atoms with E-state index in [4.69, 9.17) is 25.6 Å². The van der Waals surface area contributed by atoms with E-state index in [-0.39, 0.29) is 30.8 Å². The Morgan fingerprint density at radius 2 is 1.89 bits per heavy atom. The first-order valence-electron chi connectivity index (χ1n) is 12.5. The van der Waals surface area contributed by atoms with E-state index in [1.54, 1.807) is 17.0 Å². The maximum atomic E-state index is 12.8. The van der Waals surface area contributed by atoms with Crippen LogP contribution in [0.3, 0.4) is 0 Å². The van der Waals surface area contributed by atoms with Gasteiger partial charge in [0.1, 0.15) is 11.4 Å². The topological polar surface area (TPSA) is 94.8 Å². The maximum absolute atomic E-state index is 12.8. The molecular formula is C28H32ClN3O5. The first-order chi connectivity index (χ1) is 17.5. The summed E-state index contributed by atoms with van der Waals surface area (Å²) in [5, 5.41) is 4.62. The Balaban J connectivity index is 1.44. The van der Waals surface area contributed by atoms with E-state index in [1.165, 1.54) is 0 Å². The number of ether oxygens (including phenoxy) is 2. The third-order valence-electron chi connectivity index (χ3n) is 6.01. The van der Waals surface area contributed by atoms with Crippen molar-refractivity contribution in [1.82, 2.24) is 10.1 Å². The van der Waals surface area contributed by atoms with Crippen LogP contribution in [-0.2, 0) is 20.7 Å². The lowest BCUT2D eigenvalue weighted by atomic mass is 10.1. The Morgan fingerprint density at radius 1 is 1.14 bits per heavy atom. The molecule has 2 heterocycles. The van der Waals surface area contributed by atoms with E-state index in [1.807, 2.05) is 58.9 Å². The molecule has 0 saturated heterocycles. The van der Waals surface area contributed by atoms with Gasteiger partial charge in [-0.25, -0.2) is 0 Å².